The third kappa shape index (κ3) is 5.92. The number of hydrogen-bond acceptors (Lipinski definition) is 4. The molecule has 1 saturated carbocycles. The maximum absolute atomic E-state index is 13.1. The van der Waals surface area contributed by atoms with Gasteiger partial charge < -0.3 is 15.8 Å². The topological polar surface area (TPSA) is 81.4 Å². The molecule has 29 heavy (non-hydrogen) atoms. The molecule has 162 valence electrons. The number of rotatable bonds is 8. The molecule has 11 heteroatoms. The first kappa shape index (κ1) is 23.1. The zero-order valence-electron chi connectivity index (χ0n) is 15.4. The number of hydrogen-bond donors (Lipinski definition) is 2. The molecule has 0 radical (unpaired) electrons. The van der Waals surface area contributed by atoms with Crippen molar-refractivity contribution in [2.24, 2.45) is 5.73 Å². The lowest BCUT2D eigenvalue weighted by molar-refractivity contribution is -0.143. The number of ether oxygens (including phenoxy) is 1. The molecule has 0 aromatic heterocycles. The average molecular weight is 426 g/mol. The van der Waals surface area contributed by atoms with Crippen LogP contribution in [0, 0.1) is 0 Å². The highest BCUT2D eigenvalue weighted by Gasteiger charge is 2.48. The lowest BCUT2D eigenvalue weighted by Gasteiger charge is -2.20. The molecule has 0 unspecified atom stereocenters. The summed E-state index contributed by atoms with van der Waals surface area (Å²) in [5, 5.41) is 2.29. The molecule has 1 atom stereocenters. The van der Waals surface area contributed by atoms with E-state index in [4.69, 9.17) is 10.5 Å². The van der Waals surface area contributed by atoms with Gasteiger partial charge in [-0.2, -0.15) is 26.3 Å². The first-order valence-electron chi connectivity index (χ1n) is 8.62. The number of carbonyl (C=O) groups excluding carboxylic acids is 2. The fraction of sp³-hybridized carbons (Fsp3) is 0.556. The van der Waals surface area contributed by atoms with Crippen molar-refractivity contribution in [3.8, 4) is 0 Å². The predicted molar refractivity (Wildman–Crippen MR) is 89.8 cm³/mol. The Kier molecular flexibility index (Phi) is 6.63. The van der Waals surface area contributed by atoms with Crippen molar-refractivity contribution < 1.29 is 40.7 Å². The van der Waals surface area contributed by atoms with Crippen molar-refractivity contribution in [2.45, 2.75) is 43.1 Å². The van der Waals surface area contributed by atoms with Gasteiger partial charge in [0.15, 0.2) is 5.78 Å². The van der Waals surface area contributed by atoms with Gasteiger partial charge in [0.05, 0.1) is 24.3 Å². The molecule has 2 rings (SSSR count). The fourth-order valence-electron chi connectivity index (χ4n) is 2.99. The molecular formula is C18H20F6N2O3. The summed E-state index contributed by atoms with van der Waals surface area (Å²) in [5.74, 6) is -1.17. The summed E-state index contributed by atoms with van der Waals surface area (Å²) in [4.78, 5) is 23.9. The normalized spacial score (nSPS) is 17.0. The Labute approximate surface area is 162 Å². The highest BCUT2D eigenvalue weighted by Crippen LogP contribution is 2.53. The Bertz CT molecular complexity index is 740. The molecule has 0 saturated heterocycles. The molecule has 0 bridgehead atoms. The third-order valence-electron chi connectivity index (χ3n) is 4.73. The van der Waals surface area contributed by atoms with E-state index >= 15 is 0 Å². The van der Waals surface area contributed by atoms with Gasteiger partial charge >= 0.3 is 12.4 Å². The van der Waals surface area contributed by atoms with Crippen LogP contribution in [0.2, 0.25) is 0 Å². The Balaban J connectivity index is 2.17. The van der Waals surface area contributed by atoms with Crippen LogP contribution in [0.3, 0.4) is 0 Å². The molecule has 1 amide bonds. The number of methoxy groups -OCH3 is 1. The lowest BCUT2D eigenvalue weighted by atomic mass is 9.87. The van der Waals surface area contributed by atoms with Crippen LogP contribution in [0.5, 0.6) is 0 Å². The van der Waals surface area contributed by atoms with Crippen molar-refractivity contribution in [3.63, 3.8) is 0 Å². The minimum absolute atomic E-state index is 0.0544. The summed E-state index contributed by atoms with van der Waals surface area (Å²) in [6.07, 6.45) is -9.66. The van der Waals surface area contributed by atoms with E-state index < -0.39 is 53.2 Å². The van der Waals surface area contributed by atoms with E-state index in [-0.39, 0.29) is 37.5 Å². The minimum Gasteiger partial charge on any atom is -0.383 e. The SMILES string of the molecule is COC[C@@H](N)C(=O)NCC(=O)CC1(c2cc(C(F)(F)F)cc(C(F)(F)F)c2)CC1. The number of benzene rings is 1. The van der Waals surface area contributed by atoms with E-state index in [1.165, 1.54) is 7.11 Å². The second-order valence-electron chi connectivity index (χ2n) is 7.07. The number of nitrogens with one attached hydrogen (secondary N) is 1. The summed E-state index contributed by atoms with van der Waals surface area (Å²) < 4.78 is 83.0. The van der Waals surface area contributed by atoms with E-state index in [1.54, 1.807) is 0 Å². The molecule has 0 aliphatic heterocycles. The van der Waals surface area contributed by atoms with Crippen LogP contribution in [0.4, 0.5) is 26.3 Å². The van der Waals surface area contributed by atoms with Gasteiger partial charge in [-0.1, -0.05) is 0 Å². The van der Waals surface area contributed by atoms with E-state index in [1.807, 2.05) is 0 Å². The number of halogens is 6. The predicted octanol–water partition coefficient (Wildman–Crippen LogP) is 2.80. The molecule has 1 fully saturated rings. The van der Waals surface area contributed by atoms with Crippen LogP contribution in [0.1, 0.15) is 36.0 Å². The van der Waals surface area contributed by atoms with Crippen molar-refractivity contribution >= 4 is 11.7 Å². The summed E-state index contributed by atoms with van der Waals surface area (Å²) in [6, 6.07) is 0.366. The van der Waals surface area contributed by atoms with Gasteiger partial charge in [-0.25, -0.2) is 0 Å². The molecule has 5 nitrogen and oxygen atoms in total. The average Bonchev–Trinajstić information content (AvgIpc) is 3.38. The smallest absolute Gasteiger partial charge is 0.383 e. The summed E-state index contributed by atoms with van der Waals surface area (Å²) in [6.45, 7) is -0.502. The largest absolute Gasteiger partial charge is 0.416 e. The van der Waals surface area contributed by atoms with Crippen LogP contribution in [-0.4, -0.2) is 38.0 Å². The molecule has 0 spiro atoms. The number of nitrogens with two attached hydrogens (primary N) is 1. The Morgan fingerprint density at radius 3 is 2.03 bits per heavy atom. The van der Waals surface area contributed by atoms with Crippen molar-refractivity contribution in [1.82, 2.24) is 5.32 Å². The number of Topliss-reactive ketones (excluding diaryl/α,β-unsaturated/α-hetero) is 1. The first-order chi connectivity index (χ1) is 13.3. The van der Waals surface area contributed by atoms with Gasteiger partial charge in [0.2, 0.25) is 5.91 Å². The van der Waals surface area contributed by atoms with Gasteiger partial charge in [-0.3, -0.25) is 9.59 Å². The Hall–Kier alpha value is -2.14. The first-order valence-corrected chi connectivity index (χ1v) is 8.62. The Morgan fingerprint density at radius 1 is 1.10 bits per heavy atom. The van der Waals surface area contributed by atoms with E-state index in [0.717, 1.165) is 0 Å². The number of alkyl halides is 6. The molecule has 1 aliphatic carbocycles. The van der Waals surface area contributed by atoms with Crippen molar-refractivity contribution in [1.29, 1.82) is 0 Å². The number of ketones is 1. The van der Waals surface area contributed by atoms with Crippen LogP contribution in [-0.2, 0) is 32.1 Å². The Morgan fingerprint density at radius 2 is 1.62 bits per heavy atom. The zero-order valence-corrected chi connectivity index (χ0v) is 15.4. The monoisotopic (exact) mass is 426 g/mol. The summed E-state index contributed by atoms with van der Waals surface area (Å²) >= 11 is 0. The summed E-state index contributed by atoms with van der Waals surface area (Å²) in [7, 11) is 1.33. The third-order valence-corrected chi connectivity index (χ3v) is 4.73. The van der Waals surface area contributed by atoms with Crippen LogP contribution >= 0.6 is 0 Å². The minimum atomic E-state index is -4.96. The quantitative estimate of drug-likeness (QED) is 0.627. The van der Waals surface area contributed by atoms with Gasteiger partial charge in [-0.15, -0.1) is 0 Å². The lowest BCUT2D eigenvalue weighted by Crippen LogP contribution is -2.45. The van der Waals surface area contributed by atoms with Crippen LogP contribution in [0.15, 0.2) is 18.2 Å². The second kappa shape index (κ2) is 8.31. The summed E-state index contributed by atoms with van der Waals surface area (Å²) in [5.41, 5.74) is 1.38. The zero-order chi connectivity index (χ0) is 22.0. The van der Waals surface area contributed by atoms with E-state index in [0.29, 0.717) is 12.1 Å². The van der Waals surface area contributed by atoms with Crippen LogP contribution in [0.25, 0.3) is 0 Å². The maximum Gasteiger partial charge on any atom is 0.416 e. The fourth-order valence-corrected chi connectivity index (χ4v) is 2.99. The standard InChI is InChI=1S/C18H20F6N2O3/c1-29-9-14(25)15(28)26-8-13(27)7-16(2-3-16)10-4-11(17(19,20)21)6-12(5-10)18(22,23)24/h4-6,14H,2-3,7-9,25H2,1H3,(H,26,28)/t14-/m1/s1. The number of amides is 1. The molecule has 0 heterocycles. The van der Waals surface area contributed by atoms with E-state index in [2.05, 4.69) is 5.32 Å². The van der Waals surface area contributed by atoms with E-state index in [9.17, 15) is 35.9 Å². The molecular weight excluding hydrogens is 406 g/mol. The second-order valence-corrected chi connectivity index (χ2v) is 7.07. The highest BCUT2D eigenvalue weighted by atomic mass is 19.4. The molecule has 1 aliphatic rings. The van der Waals surface area contributed by atoms with Crippen molar-refractivity contribution in [3.05, 3.63) is 34.9 Å². The molecule has 1 aromatic carbocycles. The highest BCUT2D eigenvalue weighted by molar-refractivity contribution is 5.89. The van der Waals surface area contributed by atoms with Crippen LogP contribution < -0.4 is 11.1 Å². The van der Waals surface area contributed by atoms with Crippen molar-refractivity contribution in [2.75, 3.05) is 20.3 Å². The molecule has 1 aromatic rings. The number of carbonyl (C=O) groups is 2. The maximum atomic E-state index is 13.1. The molecule has 3 N–H and O–H groups in total. The van der Waals surface area contributed by atoms with Gasteiger partial charge in [0.25, 0.3) is 0 Å². The van der Waals surface area contributed by atoms with Gasteiger partial charge in [0, 0.05) is 18.9 Å². The van der Waals surface area contributed by atoms with Gasteiger partial charge in [-0.05, 0) is 36.6 Å². The van der Waals surface area contributed by atoms with Gasteiger partial charge in [0.1, 0.15) is 6.04 Å².